The van der Waals surface area contributed by atoms with Crippen molar-refractivity contribution >= 4 is 11.5 Å². The third kappa shape index (κ3) is 3.60. The maximum Gasteiger partial charge on any atom is 0.324 e. The molecule has 3 aromatic rings. The van der Waals surface area contributed by atoms with Crippen LogP contribution in [0.25, 0.3) is 11.1 Å². The summed E-state index contributed by atoms with van der Waals surface area (Å²) in [6.45, 7) is 2.40. The van der Waals surface area contributed by atoms with Gasteiger partial charge in [-0.15, -0.1) is 0 Å². The number of alkyl halides is 1. The highest BCUT2D eigenvalue weighted by molar-refractivity contribution is 5.88. The van der Waals surface area contributed by atoms with Gasteiger partial charge in [0, 0.05) is 37.3 Å². The number of anilines is 2. The van der Waals surface area contributed by atoms with E-state index in [1.54, 1.807) is 26.4 Å². The van der Waals surface area contributed by atoms with Crippen molar-refractivity contribution in [3.63, 3.8) is 0 Å². The van der Waals surface area contributed by atoms with Crippen molar-refractivity contribution in [2.45, 2.75) is 32.0 Å². The van der Waals surface area contributed by atoms with Gasteiger partial charge in [0.1, 0.15) is 23.6 Å². The van der Waals surface area contributed by atoms with E-state index in [-0.39, 0.29) is 18.4 Å². The highest BCUT2D eigenvalue weighted by atomic mass is 19.1. The molecule has 0 bridgehead atoms. The highest BCUT2D eigenvalue weighted by Crippen LogP contribution is 2.45. The van der Waals surface area contributed by atoms with Crippen LogP contribution in [0.2, 0.25) is 0 Å². The summed E-state index contributed by atoms with van der Waals surface area (Å²) in [6, 6.07) is 2.53. The van der Waals surface area contributed by atoms with Crippen LogP contribution in [-0.4, -0.2) is 52.3 Å². The van der Waals surface area contributed by atoms with E-state index in [1.807, 2.05) is 4.90 Å². The fourth-order valence-corrected chi connectivity index (χ4v) is 4.25. The summed E-state index contributed by atoms with van der Waals surface area (Å²) in [5.74, 6) is 1.15. The number of hydrogen-bond acceptors (Lipinski definition) is 8. The number of piperidine rings is 1. The Morgan fingerprint density at radius 1 is 1.22 bits per heavy atom. The van der Waals surface area contributed by atoms with Crippen LogP contribution in [0.4, 0.5) is 20.3 Å². The van der Waals surface area contributed by atoms with E-state index in [0.29, 0.717) is 59.3 Å². The third-order valence-corrected chi connectivity index (χ3v) is 5.90. The second-order valence-electron chi connectivity index (χ2n) is 8.04. The van der Waals surface area contributed by atoms with Gasteiger partial charge >= 0.3 is 6.01 Å². The molecule has 10 heteroatoms. The molecule has 2 atom stereocenters. The molecule has 1 fully saturated rings. The van der Waals surface area contributed by atoms with Crippen molar-refractivity contribution in [2.24, 2.45) is 5.73 Å². The number of halogens is 2. The molecule has 0 unspecified atom stereocenters. The molecule has 1 aliphatic carbocycles. The number of nitrogens with one attached hydrogen (secondary N) is 1. The van der Waals surface area contributed by atoms with E-state index < -0.39 is 12.2 Å². The first-order valence-corrected chi connectivity index (χ1v) is 10.5. The molecule has 0 saturated carbocycles. The van der Waals surface area contributed by atoms with Gasteiger partial charge in [0.05, 0.1) is 24.6 Å². The maximum atomic E-state index is 14.5. The molecular weight excluding hydrogens is 416 g/mol. The molecule has 0 radical (unpaired) electrons. The van der Waals surface area contributed by atoms with Crippen molar-refractivity contribution < 1.29 is 13.5 Å². The Hall–Kier alpha value is -3.40. The van der Waals surface area contributed by atoms with Crippen LogP contribution in [-0.2, 0) is 6.42 Å². The van der Waals surface area contributed by atoms with E-state index in [2.05, 4.69) is 25.3 Å². The Kier molecular flexibility index (Phi) is 5.09. The summed E-state index contributed by atoms with van der Waals surface area (Å²) in [6.07, 6.45) is 2.85. The molecule has 2 aliphatic rings. The summed E-state index contributed by atoms with van der Waals surface area (Å²) >= 11 is 0. The van der Waals surface area contributed by atoms with Crippen LogP contribution < -0.4 is 20.7 Å². The normalized spacial score (nSPS) is 19.5. The lowest BCUT2D eigenvalue weighted by Crippen LogP contribution is -2.49. The van der Waals surface area contributed by atoms with Gasteiger partial charge in [-0.1, -0.05) is 0 Å². The second-order valence-corrected chi connectivity index (χ2v) is 8.04. The monoisotopic (exact) mass is 439 g/mol. The van der Waals surface area contributed by atoms with Gasteiger partial charge in [0.15, 0.2) is 5.75 Å². The predicted molar refractivity (Wildman–Crippen MR) is 116 cm³/mol. The maximum absolute atomic E-state index is 14.5. The van der Waals surface area contributed by atoms with Crippen LogP contribution >= 0.6 is 0 Å². The van der Waals surface area contributed by atoms with Crippen LogP contribution in [0.5, 0.6) is 11.8 Å². The van der Waals surface area contributed by atoms with Gasteiger partial charge < -0.3 is 20.7 Å². The summed E-state index contributed by atoms with van der Waals surface area (Å²) in [5.41, 5.74) is 9.58. The van der Waals surface area contributed by atoms with Crippen molar-refractivity contribution in [1.29, 1.82) is 0 Å². The Morgan fingerprint density at radius 3 is 2.72 bits per heavy atom. The molecule has 32 heavy (non-hydrogen) atoms. The van der Waals surface area contributed by atoms with E-state index >= 15 is 0 Å². The molecule has 1 saturated heterocycles. The zero-order valence-electron chi connectivity index (χ0n) is 17.8. The van der Waals surface area contributed by atoms with Gasteiger partial charge in [-0.2, -0.15) is 9.97 Å². The second kappa shape index (κ2) is 7.94. The standard InChI is InChI=1S/C22H23F2N7O/c1-11-27-8-13(9-28-11)32-22-29-19-7-14-15(5-12(23)6-18(14)26-2)20(19)21(30-22)31-4-3-17(25)16(24)10-31/h5-6,8-9,16-17,26H,3-4,7,10,25H2,1-2H3/t16-,17-/m0/s1. The number of benzene rings is 1. The Labute approximate surface area is 183 Å². The highest BCUT2D eigenvalue weighted by Gasteiger charge is 2.34. The van der Waals surface area contributed by atoms with Crippen molar-refractivity contribution in [3.05, 3.63) is 47.4 Å². The molecule has 3 N–H and O–H groups in total. The summed E-state index contributed by atoms with van der Waals surface area (Å²) in [4.78, 5) is 19.3. The van der Waals surface area contributed by atoms with Crippen LogP contribution in [0.15, 0.2) is 24.5 Å². The fourth-order valence-electron chi connectivity index (χ4n) is 4.25. The lowest BCUT2D eigenvalue weighted by Gasteiger charge is -2.34. The average Bonchev–Trinajstić information content (AvgIpc) is 3.14. The number of aromatic nitrogens is 4. The number of aryl methyl sites for hydroxylation is 1. The third-order valence-electron chi connectivity index (χ3n) is 5.90. The molecular formula is C22H23F2N7O. The number of nitrogens with two attached hydrogens (primary N) is 1. The predicted octanol–water partition coefficient (Wildman–Crippen LogP) is 2.99. The number of fused-ring (bicyclic) bond motifs is 3. The topological polar surface area (TPSA) is 102 Å². The Balaban J connectivity index is 1.62. The van der Waals surface area contributed by atoms with Crippen molar-refractivity contribution in [3.8, 4) is 22.9 Å². The molecule has 3 heterocycles. The zero-order valence-corrected chi connectivity index (χ0v) is 17.8. The quantitative estimate of drug-likeness (QED) is 0.500. The molecule has 1 aliphatic heterocycles. The number of ether oxygens (including phenoxy) is 1. The smallest absolute Gasteiger partial charge is 0.324 e. The van der Waals surface area contributed by atoms with Gasteiger partial charge in [-0.25, -0.2) is 18.7 Å². The molecule has 1 aromatic carbocycles. The van der Waals surface area contributed by atoms with Crippen LogP contribution in [0.1, 0.15) is 23.5 Å². The van der Waals surface area contributed by atoms with E-state index in [4.69, 9.17) is 10.5 Å². The van der Waals surface area contributed by atoms with Crippen LogP contribution in [0, 0.1) is 12.7 Å². The summed E-state index contributed by atoms with van der Waals surface area (Å²) < 4.78 is 34.7. The molecule has 0 spiro atoms. The van der Waals surface area contributed by atoms with E-state index in [9.17, 15) is 8.78 Å². The Morgan fingerprint density at radius 2 is 2.00 bits per heavy atom. The number of hydrogen-bond donors (Lipinski definition) is 2. The first kappa shape index (κ1) is 20.5. The van der Waals surface area contributed by atoms with Gasteiger partial charge in [0.2, 0.25) is 0 Å². The summed E-state index contributed by atoms with van der Waals surface area (Å²) in [7, 11) is 1.75. The minimum atomic E-state index is -1.19. The van der Waals surface area contributed by atoms with E-state index in [0.717, 1.165) is 5.56 Å². The number of nitrogens with zero attached hydrogens (tertiary/aromatic N) is 5. The van der Waals surface area contributed by atoms with Crippen molar-refractivity contribution in [1.82, 2.24) is 19.9 Å². The molecule has 8 nitrogen and oxygen atoms in total. The lowest BCUT2D eigenvalue weighted by molar-refractivity contribution is 0.250. The molecule has 2 aromatic heterocycles. The fraction of sp³-hybridized carbons (Fsp3) is 0.364. The van der Waals surface area contributed by atoms with Gasteiger partial charge in [-0.05, 0) is 36.6 Å². The SMILES string of the molecule is CNc1cc(F)cc2c1Cc1nc(Oc3cnc(C)nc3)nc(N3CC[C@H](N)[C@@H](F)C3)c1-2. The minimum absolute atomic E-state index is 0.0984. The number of rotatable bonds is 4. The zero-order chi connectivity index (χ0) is 22.4. The average molecular weight is 439 g/mol. The van der Waals surface area contributed by atoms with Gasteiger partial charge in [0.25, 0.3) is 0 Å². The first-order valence-electron chi connectivity index (χ1n) is 10.5. The van der Waals surface area contributed by atoms with E-state index in [1.165, 1.54) is 12.1 Å². The summed E-state index contributed by atoms with van der Waals surface area (Å²) in [5, 5.41) is 3.05. The molecule has 0 amide bonds. The van der Waals surface area contributed by atoms with Crippen molar-refractivity contribution in [2.75, 3.05) is 30.4 Å². The largest absolute Gasteiger partial charge is 0.421 e. The van der Waals surface area contributed by atoms with Gasteiger partial charge in [-0.3, -0.25) is 0 Å². The lowest BCUT2D eigenvalue weighted by atomic mass is 10.0. The first-order chi connectivity index (χ1) is 15.4. The molecule has 166 valence electrons. The molecule has 5 rings (SSSR count). The minimum Gasteiger partial charge on any atom is -0.421 e. The Bertz CT molecular complexity index is 1170. The van der Waals surface area contributed by atoms with Crippen LogP contribution in [0.3, 0.4) is 0 Å².